The lowest BCUT2D eigenvalue weighted by Gasteiger charge is -2.60. The molecule has 0 aromatic heterocycles. The molecule has 0 unspecified atom stereocenters. The lowest BCUT2D eigenvalue weighted by atomic mass is 9.45. The van der Waals surface area contributed by atoms with Gasteiger partial charge in [0.25, 0.3) is 0 Å². The predicted octanol–water partition coefficient (Wildman–Crippen LogP) is 2.37. The van der Waals surface area contributed by atoms with E-state index in [0.29, 0.717) is 19.3 Å². The van der Waals surface area contributed by atoms with Crippen LogP contribution in [0, 0.1) is 34.5 Å². The summed E-state index contributed by atoms with van der Waals surface area (Å²) < 4.78 is 4.89. The number of carbonyl (C=O) groups is 3. The third kappa shape index (κ3) is 2.79. The van der Waals surface area contributed by atoms with Gasteiger partial charge in [0.1, 0.15) is 5.60 Å². The Morgan fingerprint density at radius 1 is 1.30 bits per heavy atom. The van der Waals surface area contributed by atoms with E-state index in [2.05, 4.69) is 13.8 Å². The van der Waals surface area contributed by atoms with Crippen molar-refractivity contribution in [1.82, 2.24) is 0 Å². The van der Waals surface area contributed by atoms with E-state index in [1.54, 1.807) is 12.2 Å². The fourth-order valence-corrected chi connectivity index (χ4v) is 7.50. The van der Waals surface area contributed by atoms with Gasteiger partial charge in [-0.3, -0.25) is 14.4 Å². The number of aliphatic hydroxyl groups is 2. The maximum Gasteiger partial charge on any atom is 0.303 e. The number of hydrogen-bond acceptors (Lipinski definition) is 6. The van der Waals surface area contributed by atoms with Gasteiger partial charge in [-0.1, -0.05) is 32.4 Å². The second-order valence-electron chi connectivity index (χ2n) is 10.3. The highest BCUT2D eigenvalue weighted by Gasteiger charge is 2.68. The fourth-order valence-electron chi connectivity index (χ4n) is 7.50. The predicted molar refractivity (Wildman–Crippen MR) is 109 cm³/mol. The van der Waals surface area contributed by atoms with Crippen LogP contribution in [0.1, 0.15) is 53.4 Å². The van der Waals surface area contributed by atoms with E-state index >= 15 is 0 Å². The largest absolute Gasteiger partial charge is 0.458 e. The normalized spacial score (nSPS) is 47.1. The Balaban J connectivity index is 1.70. The van der Waals surface area contributed by atoms with Crippen molar-refractivity contribution in [1.29, 1.82) is 0 Å². The van der Waals surface area contributed by atoms with Crippen LogP contribution in [-0.2, 0) is 19.1 Å². The molecule has 6 heteroatoms. The van der Waals surface area contributed by atoms with Crippen LogP contribution in [0.5, 0.6) is 0 Å². The molecule has 4 rings (SSSR count). The maximum atomic E-state index is 12.9. The third-order valence-electron chi connectivity index (χ3n) is 8.84. The molecule has 0 aliphatic heterocycles. The van der Waals surface area contributed by atoms with Gasteiger partial charge in [0, 0.05) is 23.7 Å². The smallest absolute Gasteiger partial charge is 0.303 e. The van der Waals surface area contributed by atoms with Crippen molar-refractivity contribution in [3.63, 3.8) is 0 Å². The Bertz CT molecular complexity index is 858. The van der Waals surface area contributed by atoms with E-state index in [1.165, 1.54) is 6.92 Å². The average Bonchev–Trinajstić information content (AvgIpc) is 2.93. The number of aliphatic hydroxyl groups excluding tert-OH is 1. The molecule has 3 fully saturated rings. The second-order valence-corrected chi connectivity index (χ2v) is 10.3. The van der Waals surface area contributed by atoms with Gasteiger partial charge in [-0.2, -0.15) is 0 Å². The first-order chi connectivity index (χ1) is 13.9. The van der Waals surface area contributed by atoms with Crippen molar-refractivity contribution in [2.75, 3.05) is 6.61 Å². The van der Waals surface area contributed by atoms with E-state index in [9.17, 15) is 24.6 Å². The second kappa shape index (κ2) is 6.86. The van der Waals surface area contributed by atoms with Crippen LogP contribution < -0.4 is 0 Å². The van der Waals surface area contributed by atoms with Crippen molar-refractivity contribution < 1.29 is 29.3 Å². The molecule has 6 nitrogen and oxygen atoms in total. The third-order valence-corrected chi connectivity index (χ3v) is 8.84. The molecule has 0 aromatic carbocycles. The van der Waals surface area contributed by atoms with Crippen molar-refractivity contribution >= 4 is 17.5 Å². The molecule has 0 heterocycles. The summed E-state index contributed by atoms with van der Waals surface area (Å²) in [7, 11) is 0. The van der Waals surface area contributed by atoms with Crippen LogP contribution in [0.3, 0.4) is 0 Å². The molecule has 8 atom stereocenters. The van der Waals surface area contributed by atoms with Crippen molar-refractivity contribution in [3.8, 4) is 0 Å². The summed E-state index contributed by atoms with van der Waals surface area (Å²) in [4.78, 5) is 36.1. The standard InChI is InChI=1S/C24H32O6/c1-13-9-16-17-6-8-24(29,20(28)12-30-14(2)25)23(17,4)11-19(27)21(16)22(3)7-5-15(26)10-18(13)22/h5,7,10,13,16-17,19,21,27,29H,6,8-9,11-12H2,1-4H3/t13-,16-,17+,19-,21+,22-,23+,24-/m0/s1. The molecule has 0 aromatic rings. The summed E-state index contributed by atoms with van der Waals surface area (Å²) in [5.41, 5.74) is -1.72. The van der Waals surface area contributed by atoms with Crippen molar-refractivity contribution in [3.05, 3.63) is 23.8 Å². The molecular formula is C24H32O6. The number of ether oxygens (including phenoxy) is 1. The topological polar surface area (TPSA) is 101 Å². The molecule has 4 aliphatic carbocycles. The Morgan fingerprint density at radius 3 is 2.67 bits per heavy atom. The quantitative estimate of drug-likeness (QED) is 0.685. The highest BCUT2D eigenvalue weighted by Crippen LogP contribution is 2.67. The van der Waals surface area contributed by atoms with Gasteiger partial charge in [-0.25, -0.2) is 0 Å². The van der Waals surface area contributed by atoms with Crippen LogP contribution in [0.15, 0.2) is 23.8 Å². The van der Waals surface area contributed by atoms with E-state index in [1.807, 2.05) is 13.0 Å². The molecule has 0 saturated heterocycles. The number of hydrogen-bond donors (Lipinski definition) is 2. The molecule has 0 spiro atoms. The zero-order valence-corrected chi connectivity index (χ0v) is 18.2. The minimum atomic E-state index is -1.61. The lowest BCUT2D eigenvalue weighted by Crippen LogP contribution is -2.62. The van der Waals surface area contributed by atoms with Gasteiger partial charge in [-0.15, -0.1) is 0 Å². The monoisotopic (exact) mass is 416 g/mol. The molecule has 0 radical (unpaired) electrons. The average molecular weight is 417 g/mol. The van der Waals surface area contributed by atoms with Crippen LogP contribution in [0.4, 0.5) is 0 Å². The molecule has 0 bridgehead atoms. The SMILES string of the molecule is CC(=O)OCC(=O)[C@@]1(O)CC[C@@H]2[C@@H]3C[C@H](C)C4=CC(=O)C=C[C@]4(C)[C@H]3[C@@H](O)C[C@]21C. The molecule has 4 aliphatic rings. The fraction of sp³-hybridized carbons (Fsp3) is 0.708. The number of Topliss-reactive ketones (excluding diaryl/α,β-unsaturated/α-hetero) is 1. The zero-order valence-electron chi connectivity index (χ0n) is 18.2. The van der Waals surface area contributed by atoms with Gasteiger partial charge in [0.15, 0.2) is 12.4 Å². The minimum absolute atomic E-state index is 0.00535. The van der Waals surface area contributed by atoms with E-state index in [-0.39, 0.29) is 29.5 Å². The van der Waals surface area contributed by atoms with Gasteiger partial charge >= 0.3 is 5.97 Å². The van der Waals surface area contributed by atoms with Gasteiger partial charge in [0.2, 0.25) is 5.78 Å². The number of carbonyl (C=O) groups excluding carboxylic acids is 3. The molecule has 164 valence electrons. The number of ketones is 2. The van der Waals surface area contributed by atoms with Crippen LogP contribution in [0.25, 0.3) is 0 Å². The van der Waals surface area contributed by atoms with E-state index < -0.39 is 40.9 Å². The molecule has 30 heavy (non-hydrogen) atoms. The minimum Gasteiger partial charge on any atom is -0.458 e. The van der Waals surface area contributed by atoms with Gasteiger partial charge in [-0.05, 0) is 55.6 Å². The van der Waals surface area contributed by atoms with Crippen LogP contribution in [0.2, 0.25) is 0 Å². The summed E-state index contributed by atoms with van der Waals surface area (Å²) in [5.74, 6) is -0.712. The summed E-state index contributed by atoms with van der Waals surface area (Å²) in [6.45, 7) is 6.94. The Morgan fingerprint density at radius 2 is 2.00 bits per heavy atom. The Hall–Kier alpha value is -1.79. The van der Waals surface area contributed by atoms with Crippen LogP contribution in [-0.4, -0.2) is 46.1 Å². The Labute approximate surface area is 177 Å². The molecule has 2 N–H and O–H groups in total. The lowest BCUT2D eigenvalue weighted by molar-refractivity contribution is -0.182. The number of esters is 1. The summed E-state index contributed by atoms with van der Waals surface area (Å²) in [5, 5.41) is 22.9. The maximum absolute atomic E-state index is 12.9. The number of rotatable bonds is 3. The van der Waals surface area contributed by atoms with Crippen LogP contribution >= 0.6 is 0 Å². The van der Waals surface area contributed by atoms with Crippen molar-refractivity contribution in [2.45, 2.75) is 65.1 Å². The van der Waals surface area contributed by atoms with E-state index in [4.69, 9.17) is 4.74 Å². The highest BCUT2D eigenvalue weighted by atomic mass is 16.5. The van der Waals surface area contributed by atoms with Gasteiger partial charge in [0.05, 0.1) is 6.10 Å². The zero-order chi connectivity index (χ0) is 22.1. The first-order valence-electron chi connectivity index (χ1n) is 11.0. The number of fused-ring (bicyclic) bond motifs is 5. The summed E-state index contributed by atoms with van der Waals surface area (Å²) in [6.07, 6.45) is 6.71. The molecule has 0 amide bonds. The van der Waals surface area contributed by atoms with E-state index in [0.717, 1.165) is 12.0 Å². The molecule has 3 saturated carbocycles. The molecular weight excluding hydrogens is 384 g/mol. The summed E-state index contributed by atoms with van der Waals surface area (Å²) >= 11 is 0. The number of allylic oxidation sites excluding steroid dienone is 4. The summed E-state index contributed by atoms with van der Waals surface area (Å²) in [6, 6.07) is 0. The first kappa shape index (κ1) is 21.4. The highest BCUT2D eigenvalue weighted by molar-refractivity contribution is 6.01. The van der Waals surface area contributed by atoms with Crippen molar-refractivity contribution in [2.24, 2.45) is 34.5 Å². The Kier molecular flexibility index (Phi) is 4.90. The first-order valence-corrected chi connectivity index (χ1v) is 11.0. The van der Waals surface area contributed by atoms with Gasteiger partial charge < -0.3 is 14.9 Å².